The highest BCUT2D eigenvalue weighted by atomic mass is 16.6. The molecule has 0 bridgehead atoms. The van der Waals surface area contributed by atoms with Gasteiger partial charge in [0.25, 0.3) is 11.2 Å². The minimum atomic E-state index is -0.735. The molecule has 2 heterocycles. The van der Waals surface area contributed by atoms with Crippen molar-refractivity contribution in [1.29, 1.82) is 0 Å². The Kier molecular flexibility index (Phi) is 6.32. The van der Waals surface area contributed by atoms with Crippen LogP contribution in [0.5, 0.6) is 11.5 Å². The number of carbonyl (C=O) groups excluding carboxylic acids is 1. The summed E-state index contributed by atoms with van der Waals surface area (Å²) < 4.78 is 11.9. The van der Waals surface area contributed by atoms with Gasteiger partial charge in [0.15, 0.2) is 0 Å². The van der Waals surface area contributed by atoms with Gasteiger partial charge >= 0.3 is 6.03 Å². The summed E-state index contributed by atoms with van der Waals surface area (Å²) in [4.78, 5) is 41.1. The molecular formula is C24H21N5O6. The second-order valence-corrected chi connectivity index (χ2v) is 7.44. The number of urea groups is 1. The van der Waals surface area contributed by atoms with Crippen LogP contribution in [0.2, 0.25) is 0 Å². The molecule has 4 rings (SSSR count). The molecule has 2 aromatic carbocycles. The van der Waals surface area contributed by atoms with Crippen LogP contribution in [0.15, 0.2) is 65.6 Å². The number of rotatable bonds is 6. The van der Waals surface area contributed by atoms with Crippen molar-refractivity contribution in [3.63, 3.8) is 0 Å². The Hall–Kier alpha value is -4.93. The molecule has 0 unspecified atom stereocenters. The molecule has 0 aliphatic carbocycles. The Morgan fingerprint density at radius 1 is 1.06 bits per heavy atom. The van der Waals surface area contributed by atoms with E-state index >= 15 is 0 Å². The van der Waals surface area contributed by atoms with E-state index in [1.165, 1.54) is 37.0 Å². The molecule has 35 heavy (non-hydrogen) atoms. The van der Waals surface area contributed by atoms with Gasteiger partial charge in [-0.05, 0) is 35.9 Å². The number of non-ortho nitro benzene ring substituents is 1. The van der Waals surface area contributed by atoms with E-state index in [0.29, 0.717) is 27.9 Å². The van der Waals surface area contributed by atoms with Crippen molar-refractivity contribution in [2.75, 3.05) is 24.9 Å². The highest BCUT2D eigenvalue weighted by Gasteiger charge is 2.21. The number of nitrogens with one attached hydrogen (secondary N) is 2. The Balaban J connectivity index is 1.81. The summed E-state index contributed by atoms with van der Waals surface area (Å²) in [5.74, 6) is 0.671. The molecule has 0 saturated heterocycles. The van der Waals surface area contributed by atoms with Crippen LogP contribution in [0.1, 0.15) is 0 Å². The van der Waals surface area contributed by atoms with Crippen LogP contribution in [0.25, 0.3) is 22.2 Å². The van der Waals surface area contributed by atoms with E-state index in [1.807, 2.05) is 0 Å². The molecule has 11 heteroatoms. The second-order valence-electron chi connectivity index (χ2n) is 7.44. The Bertz CT molecular complexity index is 1510. The van der Waals surface area contributed by atoms with Gasteiger partial charge in [-0.15, -0.1) is 0 Å². The highest BCUT2D eigenvalue weighted by molar-refractivity contribution is 6.07. The van der Waals surface area contributed by atoms with Gasteiger partial charge in [-0.2, -0.15) is 0 Å². The molecule has 0 radical (unpaired) electrons. The van der Waals surface area contributed by atoms with Crippen LogP contribution in [0.3, 0.4) is 0 Å². The van der Waals surface area contributed by atoms with Gasteiger partial charge < -0.3 is 20.1 Å². The second kappa shape index (κ2) is 9.51. The van der Waals surface area contributed by atoms with Crippen LogP contribution in [0.4, 0.5) is 21.9 Å². The number of hydrogen-bond donors (Lipinski definition) is 2. The van der Waals surface area contributed by atoms with E-state index in [0.717, 1.165) is 0 Å². The van der Waals surface area contributed by atoms with Gasteiger partial charge in [0.05, 0.1) is 30.9 Å². The normalized spacial score (nSPS) is 10.6. The van der Waals surface area contributed by atoms with Gasteiger partial charge in [0, 0.05) is 30.3 Å². The molecule has 2 aromatic heterocycles. The number of hydrogen-bond acceptors (Lipinski definition) is 7. The number of anilines is 2. The Morgan fingerprint density at radius 3 is 2.57 bits per heavy atom. The van der Waals surface area contributed by atoms with Crippen LogP contribution >= 0.6 is 0 Å². The fourth-order valence-electron chi connectivity index (χ4n) is 3.72. The number of methoxy groups -OCH3 is 2. The summed E-state index contributed by atoms with van der Waals surface area (Å²) in [6.07, 6.45) is 1.58. The van der Waals surface area contributed by atoms with Crippen molar-refractivity contribution in [2.24, 2.45) is 7.05 Å². The molecule has 0 aliphatic heterocycles. The number of nitro groups is 1. The van der Waals surface area contributed by atoms with Crippen LogP contribution in [-0.4, -0.2) is 34.7 Å². The minimum Gasteiger partial charge on any atom is -0.497 e. The molecule has 0 aliphatic rings. The summed E-state index contributed by atoms with van der Waals surface area (Å²) in [5, 5.41) is 16.9. The van der Waals surface area contributed by atoms with Gasteiger partial charge in [0.2, 0.25) is 0 Å². The van der Waals surface area contributed by atoms with E-state index in [9.17, 15) is 19.7 Å². The third kappa shape index (κ3) is 4.47. The first-order valence-electron chi connectivity index (χ1n) is 10.4. The molecule has 178 valence electrons. The molecule has 2 amide bonds. The number of aryl methyl sites for hydroxylation is 1. The average Bonchev–Trinajstić information content (AvgIpc) is 2.87. The maximum absolute atomic E-state index is 13.3. The quantitative estimate of drug-likeness (QED) is 0.315. The maximum Gasteiger partial charge on any atom is 0.323 e. The third-order valence-corrected chi connectivity index (χ3v) is 5.38. The molecular weight excluding hydrogens is 454 g/mol. The number of pyridine rings is 2. The first-order valence-corrected chi connectivity index (χ1v) is 10.4. The molecule has 0 atom stereocenters. The standard InChI is InChI=1S/C24H21N5O6/c1-28-22-17(8-5-11-25-22)20(14-6-4-7-16(12-14)34-2)21(23(28)30)27-24(31)26-18-10-9-15(29(32)33)13-19(18)35-3/h4-13H,1-3H3,(H2,26,27,31). The lowest BCUT2D eigenvalue weighted by Gasteiger charge is -2.17. The zero-order chi connectivity index (χ0) is 25.1. The smallest absolute Gasteiger partial charge is 0.323 e. The lowest BCUT2D eigenvalue weighted by Crippen LogP contribution is -2.28. The minimum absolute atomic E-state index is 0.0274. The predicted molar refractivity (Wildman–Crippen MR) is 131 cm³/mol. The van der Waals surface area contributed by atoms with Gasteiger partial charge in [0.1, 0.15) is 22.8 Å². The molecule has 0 spiro atoms. The number of fused-ring (bicyclic) bond motifs is 1. The van der Waals surface area contributed by atoms with Crippen LogP contribution in [-0.2, 0) is 7.05 Å². The number of ether oxygens (including phenoxy) is 2. The monoisotopic (exact) mass is 475 g/mol. The van der Waals surface area contributed by atoms with Crippen LogP contribution < -0.4 is 25.7 Å². The highest BCUT2D eigenvalue weighted by Crippen LogP contribution is 2.35. The van der Waals surface area contributed by atoms with Crippen molar-refractivity contribution in [3.8, 4) is 22.6 Å². The Morgan fingerprint density at radius 2 is 1.86 bits per heavy atom. The average molecular weight is 475 g/mol. The van der Waals surface area contributed by atoms with E-state index < -0.39 is 16.5 Å². The number of nitro benzene ring substituents is 1. The summed E-state index contributed by atoms with van der Waals surface area (Å²) in [6, 6.07) is 13.7. The van der Waals surface area contributed by atoms with Crippen molar-refractivity contribution in [1.82, 2.24) is 9.55 Å². The molecule has 4 aromatic rings. The van der Waals surface area contributed by atoms with E-state index in [-0.39, 0.29) is 22.8 Å². The number of nitrogens with zero attached hydrogens (tertiary/aromatic N) is 3. The number of aromatic nitrogens is 2. The van der Waals surface area contributed by atoms with Crippen molar-refractivity contribution in [3.05, 3.63) is 81.3 Å². The predicted octanol–water partition coefficient (Wildman–Crippen LogP) is 4.17. The van der Waals surface area contributed by atoms with Gasteiger partial charge in [-0.25, -0.2) is 9.78 Å². The van der Waals surface area contributed by atoms with Gasteiger partial charge in [-0.3, -0.25) is 19.5 Å². The first kappa shape index (κ1) is 23.2. The SMILES string of the molecule is COc1cccc(-c2c(NC(=O)Nc3ccc([N+](=O)[O-])cc3OC)c(=O)n(C)c3ncccc23)c1. The first-order chi connectivity index (χ1) is 16.8. The third-order valence-electron chi connectivity index (χ3n) is 5.38. The summed E-state index contributed by atoms with van der Waals surface area (Å²) in [5.41, 5.74) is 1.11. The van der Waals surface area contributed by atoms with Crippen molar-refractivity contribution in [2.45, 2.75) is 0 Å². The summed E-state index contributed by atoms with van der Waals surface area (Å²) in [7, 11) is 4.43. The van der Waals surface area contributed by atoms with Crippen molar-refractivity contribution < 1.29 is 19.2 Å². The van der Waals surface area contributed by atoms with E-state index in [4.69, 9.17) is 9.47 Å². The van der Waals surface area contributed by atoms with E-state index in [1.54, 1.807) is 49.6 Å². The molecule has 0 saturated carbocycles. The maximum atomic E-state index is 13.3. The van der Waals surface area contributed by atoms with Gasteiger partial charge in [-0.1, -0.05) is 12.1 Å². The fourth-order valence-corrected chi connectivity index (χ4v) is 3.72. The lowest BCUT2D eigenvalue weighted by molar-refractivity contribution is -0.384. The Labute approximate surface area is 199 Å². The topological polar surface area (TPSA) is 138 Å². The largest absolute Gasteiger partial charge is 0.497 e. The number of carbonyl (C=O) groups is 1. The fraction of sp³-hybridized carbons (Fsp3) is 0.125. The molecule has 2 N–H and O–H groups in total. The summed E-state index contributed by atoms with van der Waals surface area (Å²) >= 11 is 0. The molecule has 11 nitrogen and oxygen atoms in total. The zero-order valence-corrected chi connectivity index (χ0v) is 19.1. The molecule has 0 fully saturated rings. The number of benzene rings is 2. The lowest BCUT2D eigenvalue weighted by atomic mass is 10.00. The summed E-state index contributed by atoms with van der Waals surface area (Å²) in [6.45, 7) is 0. The number of amides is 2. The zero-order valence-electron chi connectivity index (χ0n) is 19.1. The van der Waals surface area contributed by atoms with E-state index in [2.05, 4.69) is 15.6 Å². The van der Waals surface area contributed by atoms with Crippen molar-refractivity contribution >= 4 is 34.1 Å². The van der Waals surface area contributed by atoms with Crippen LogP contribution in [0, 0.1) is 10.1 Å².